The largest absolute Gasteiger partial charge is 0.356 e. The molecule has 0 bridgehead atoms. The molecule has 1 aliphatic rings. The topological polar surface area (TPSA) is 57.5 Å². The van der Waals surface area contributed by atoms with Crippen molar-refractivity contribution in [2.75, 3.05) is 33.7 Å². The molecular weight excluding hydrogens is 380 g/mol. The third-order valence-corrected chi connectivity index (χ3v) is 6.75. The number of hydrogen-bond acceptors (Lipinski definition) is 4. The van der Waals surface area contributed by atoms with Crippen molar-refractivity contribution in [2.45, 2.75) is 46.2 Å². The second-order valence-electron chi connectivity index (χ2n) is 8.39. The molecule has 2 aromatic rings. The van der Waals surface area contributed by atoms with E-state index in [1.165, 1.54) is 30.0 Å². The van der Waals surface area contributed by atoms with Crippen LogP contribution in [-0.2, 0) is 6.54 Å². The molecule has 1 saturated heterocycles. The molecule has 6 nitrogen and oxygen atoms in total. The Labute approximate surface area is 179 Å². The molecule has 29 heavy (non-hydrogen) atoms. The quantitative estimate of drug-likeness (QED) is 0.536. The van der Waals surface area contributed by atoms with Gasteiger partial charge in [-0.25, -0.2) is 0 Å². The Hall–Kier alpha value is -1.86. The number of thiophene rings is 1. The van der Waals surface area contributed by atoms with Crippen LogP contribution in [0.5, 0.6) is 0 Å². The van der Waals surface area contributed by atoms with Crippen LogP contribution in [-0.4, -0.2) is 54.4 Å². The number of nitrogens with zero attached hydrogens (tertiary/aromatic N) is 4. The highest BCUT2D eigenvalue weighted by atomic mass is 32.1. The number of aromatic nitrogens is 2. The molecule has 2 aromatic heterocycles. The average molecular weight is 417 g/mol. The SMILES string of the molecule is CN=C(NCC(C)Cn1nc(C)cc1C)NCC1CCCN(C)C1c1cccs1. The number of aryl methyl sites for hydroxylation is 2. The molecule has 3 heterocycles. The van der Waals surface area contributed by atoms with Crippen LogP contribution in [0.15, 0.2) is 28.6 Å². The first-order valence-corrected chi connectivity index (χ1v) is 11.5. The molecule has 0 spiro atoms. The minimum Gasteiger partial charge on any atom is -0.356 e. The van der Waals surface area contributed by atoms with Gasteiger partial charge in [-0.05, 0) is 69.6 Å². The summed E-state index contributed by atoms with van der Waals surface area (Å²) in [6.45, 7) is 10.3. The Bertz CT molecular complexity index is 781. The lowest BCUT2D eigenvalue weighted by Gasteiger charge is -2.39. The molecule has 7 heteroatoms. The summed E-state index contributed by atoms with van der Waals surface area (Å²) in [6.07, 6.45) is 2.52. The zero-order valence-electron chi connectivity index (χ0n) is 18.5. The summed E-state index contributed by atoms with van der Waals surface area (Å²) < 4.78 is 2.10. The number of piperidine rings is 1. The van der Waals surface area contributed by atoms with Crippen LogP contribution in [0.4, 0.5) is 0 Å². The molecule has 0 saturated carbocycles. The van der Waals surface area contributed by atoms with Gasteiger partial charge in [0.1, 0.15) is 0 Å². The first kappa shape index (κ1) is 21.8. The Morgan fingerprint density at radius 1 is 1.38 bits per heavy atom. The van der Waals surface area contributed by atoms with Gasteiger partial charge >= 0.3 is 0 Å². The predicted octanol–water partition coefficient (Wildman–Crippen LogP) is 3.45. The zero-order valence-corrected chi connectivity index (χ0v) is 19.3. The van der Waals surface area contributed by atoms with E-state index in [0.29, 0.717) is 17.9 Å². The number of rotatable bonds is 7. The number of hydrogen-bond donors (Lipinski definition) is 2. The maximum Gasteiger partial charge on any atom is 0.190 e. The summed E-state index contributed by atoms with van der Waals surface area (Å²) in [4.78, 5) is 8.42. The van der Waals surface area contributed by atoms with E-state index >= 15 is 0 Å². The highest BCUT2D eigenvalue weighted by Gasteiger charge is 2.31. The summed E-state index contributed by atoms with van der Waals surface area (Å²) in [6, 6.07) is 7.07. The normalized spacial score (nSPS) is 21.9. The molecule has 2 N–H and O–H groups in total. The third-order valence-electron chi connectivity index (χ3n) is 5.80. The number of nitrogens with one attached hydrogen (secondary N) is 2. The smallest absolute Gasteiger partial charge is 0.190 e. The molecule has 0 amide bonds. The molecule has 3 atom stereocenters. The Morgan fingerprint density at radius 2 is 2.21 bits per heavy atom. The third kappa shape index (κ3) is 5.82. The van der Waals surface area contributed by atoms with Gasteiger partial charge in [0.2, 0.25) is 0 Å². The van der Waals surface area contributed by atoms with Crippen LogP contribution >= 0.6 is 11.3 Å². The Balaban J connectivity index is 1.50. The minimum absolute atomic E-state index is 0.464. The van der Waals surface area contributed by atoms with Crippen LogP contribution in [0, 0.1) is 25.7 Å². The van der Waals surface area contributed by atoms with Crippen molar-refractivity contribution in [3.8, 4) is 0 Å². The Morgan fingerprint density at radius 3 is 2.86 bits per heavy atom. The van der Waals surface area contributed by atoms with Crippen LogP contribution < -0.4 is 10.6 Å². The number of guanidine groups is 1. The van der Waals surface area contributed by atoms with Crippen LogP contribution in [0.3, 0.4) is 0 Å². The van der Waals surface area contributed by atoms with E-state index in [0.717, 1.165) is 31.3 Å². The van der Waals surface area contributed by atoms with Crippen molar-refractivity contribution in [1.82, 2.24) is 25.3 Å². The van der Waals surface area contributed by atoms with E-state index in [-0.39, 0.29) is 0 Å². The summed E-state index contributed by atoms with van der Waals surface area (Å²) in [5.41, 5.74) is 2.30. The van der Waals surface area contributed by atoms with E-state index in [4.69, 9.17) is 0 Å². The summed E-state index contributed by atoms with van der Waals surface area (Å²) in [5.74, 6) is 1.95. The average Bonchev–Trinajstić information content (AvgIpc) is 3.31. The van der Waals surface area contributed by atoms with Gasteiger partial charge in [0.15, 0.2) is 5.96 Å². The lowest BCUT2D eigenvalue weighted by atomic mass is 9.88. The molecule has 0 aromatic carbocycles. The zero-order chi connectivity index (χ0) is 20.8. The van der Waals surface area contributed by atoms with E-state index < -0.39 is 0 Å². The molecule has 0 radical (unpaired) electrons. The standard InChI is InChI=1S/C22H36N6S/c1-16(15-28-18(3)12-17(2)26-28)13-24-22(23-4)25-14-19-8-6-10-27(5)21(19)20-9-7-11-29-20/h7,9,11-12,16,19,21H,6,8,10,13-15H2,1-5H3,(H2,23,24,25). The van der Waals surface area contributed by atoms with Crippen molar-refractivity contribution >= 4 is 17.3 Å². The number of aliphatic imine (C=N–C) groups is 1. The van der Waals surface area contributed by atoms with Crippen molar-refractivity contribution in [2.24, 2.45) is 16.8 Å². The van der Waals surface area contributed by atoms with Gasteiger partial charge in [0, 0.05) is 43.3 Å². The van der Waals surface area contributed by atoms with Gasteiger partial charge in [-0.15, -0.1) is 11.3 Å². The fourth-order valence-electron chi connectivity index (χ4n) is 4.32. The summed E-state index contributed by atoms with van der Waals surface area (Å²) in [5, 5.41) is 13.8. The second kappa shape index (κ2) is 10.3. The summed E-state index contributed by atoms with van der Waals surface area (Å²) >= 11 is 1.87. The fourth-order valence-corrected chi connectivity index (χ4v) is 5.30. The van der Waals surface area contributed by atoms with Crippen molar-refractivity contribution < 1.29 is 0 Å². The number of likely N-dealkylation sites (tertiary alicyclic amines) is 1. The molecular formula is C22H36N6S. The van der Waals surface area contributed by atoms with Gasteiger partial charge < -0.3 is 10.6 Å². The lowest BCUT2D eigenvalue weighted by molar-refractivity contribution is 0.125. The molecule has 3 rings (SSSR count). The molecule has 1 aliphatic heterocycles. The van der Waals surface area contributed by atoms with Gasteiger partial charge in [-0.3, -0.25) is 14.6 Å². The van der Waals surface area contributed by atoms with E-state index in [1.807, 2.05) is 25.3 Å². The maximum atomic E-state index is 4.57. The van der Waals surface area contributed by atoms with Crippen molar-refractivity contribution in [1.29, 1.82) is 0 Å². The van der Waals surface area contributed by atoms with Crippen molar-refractivity contribution in [3.05, 3.63) is 39.8 Å². The molecule has 160 valence electrons. The Kier molecular flexibility index (Phi) is 7.72. The van der Waals surface area contributed by atoms with Crippen LogP contribution in [0.25, 0.3) is 0 Å². The van der Waals surface area contributed by atoms with Gasteiger partial charge in [0.05, 0.1) is 5.69 Å². The van der Waals surface area contributed by atoms with Crippen molar-refractivity contribution in [3.63, 3.8) is 0 Å². The highest BCUT2D eigenvalue weighted by Crippen LogP contribution is 2.36. The predicted molar refractivity (Wildman–Crippen MR) is 123 cm³/mol. The molecule has 3 unspecified atom stereocenters. The minimum atomic E-state index is 0.464. The van der Waals surface area contributed by atoms with Crippen LogP contribution in [0.1, 0.15) is 42.1 Å². The van der Waals surface area contributed by atoms with Gasteiger partial charge in [0.25, 0.3) is 0 Å². The summed E-state index contributed by atoms with van der Waals surface area (Å²) in [7, 11) is 4.11. The van der Waals surface area contributed by atoms with Gasteiger partial charge in [-0.2, -0.15) is 5.10 Å². The first-order valence-electron chi connectivity index (χ1n) is 10.7. The van der Waals surface area contributed by atoms with Crippen LogP contribution in [0.2, 0.25) is 0 Å². The maximum absolute atomic E-state index is 4.57. The van der Waals surface area contributed by atoms with E-state index in [9.17, 15) is 0 Å². The molecule has 1 fully saturated rings. The first-order chi connectivity index (χ1) is 14.0. The monoisotopic (exact) mass is 416 g/mol. The second-order valence-corrected chi connectivity index (χ2v) is 9.37. The van der Waals surface area contributed by atoms with Gasteiger partial charge in [-0.1, -0.05) is 13.0 Å². The molecule has 0 aliphatic carbocycles. The fraction of sp³-hybridized carbons (Fsp3) is 0.636. The lowest BCUT2D eigenvalue weighted by Crippen LogP contribution is -2.45. The van der Waals surface area contributed by atoms with E-state index in [2.05, 4.69) is 74.8 Å². The highest BCUT2D eigenvalue weighted by molar-refractivity contribution is 7.10. The van der Waals surface area contributed by atoms with E-state index in [1.54, 1.807) is 0 Å².